The van der Waals surface area contributed by atoms with E-state index in [9.17, 15) is 13.2 Å². The van der Waals surface area contributed by atoms with Crippen molar-refractivity contribution in [2.75, 3.05) is 24.8 Å². The molecule has 0 fully saturated rings. The van der Waals surface area contributed by atoms with E-state index in [1.165, 1.54) is 7.11 Å². The van der Waals surface area contributed by atoms with Crippen LogP contribution in [0.4, 0.5) is 5.69 Å². The number of amides is 1. The van der Waals surface area contributed by atoms with E-state index in [4.69, 9.17) is 9.47 Å². The summed E-state index contributed by atoms with van der Waals surface area (Å²) >= 11 is 0. The van der Waals surface area contributed by atoms with Crippen molar-refractivity contribution in [3.05, 3.63) is 53.6 Å². The van der Waals surface area contributed by atoms with Crippen LogP contribution < -0.4 is 19.1 Å². The molecule has 2 atom stereocenters. The van der Waals surface area contributed by atoms with Crippen LogP contribution in [0.1, 0.15) is 31.0 Å². The van der Waals surface area contributed by atoms with Gasteiger partial charge in [-0.05, 0) is 56.2 Å². The van der Waals surface area contributed by atoms with Crippen LogP contribution in [0.2, 0.25) is 0 Å². The summed E-state index contributed by atoms with van der Waals surface area (Å²) in [5.41, 5.74) is 2.06. The molecule has 0 spiro atoms. The maximum atomic E-state index is 12.9. The summed E-state index contributed by atoms with van der Waals surface area (Å²) in [5.74, 6) is 0.682. The predicted molar refractivity (Wildman–Crippen MR) is 114 cm³/mol. The van der Waals surface area contributed by atoms with Gasteiger partial charge in [-0.3, -0.25) is 9.10 Å². The number of methoxy groups -OCH3 is 2. The van der Waals surface area contributed by atoms with Crippen LogP contribution in [0.15, 0.2) is 42.5 Å². The van der Waals surface area contributed by atoms with Gasteiger partial charge in [0, 0.05) is 0 Å². The molecule has 0 aliphatic heterocycles. The van der Waals surface area contributed by atoms with Crippen molar-refractivity contribution in [3.63, 3.8) is 0 Å². The van der Waals surface area contributed by atoms with Gasteiger partial charge in [-0.25, -0.2) is 8.42 Å². The second-order valence-electron chi connectivity index (χ2n) is 6.91. The molecule has 2 rings (SSSR count). The first-order valence-corrected chi connectivity index (χ1v) is 11.0. The van der Waals surface area contributed by atoms with Crippen molar-refractivity contribution in [2.24, 2.45) is 0 Å². The number of nitrogens with one attached hydrogen (secondary N) is 1. The van der Waals surface area contributed by atoms with E-state index < -0.39 is 22.0 Å². The zero-order valence-electron chi connectivity index (χ0n) is 17.6. The van der Waals surface area contributed by atoms with Gasteiger partial charge in [-0.15, -0.1) is 0 Å². The molecule has 158 valence electrons. The number of carbonyl (C=O) groups is 1. The van der Waals surface area contributed by atoms with E-state index in [1.54, 1.807) is 26.2 Å². The minimum Gasteiger partial charge on any atom is -0.497 e. The Labute approximate surface area is 172 Å². The average molecular weight is 421 g/mol. The smallest absolute Gasteiger partial charge is 0.244 e. The Morgan fingerprint density at radius 1 is 1.03 bits per heavy atom. The molecule has 2 aromatic carbocycles. The number of ether oxygens (including phenoxy) is 2. The fourth-order valence-electron chi connectivity index (χ4n) is 3.06. The third-order valence-electron chi connectivity index (χ3n) is 4.63. The molecule has 0 aromatic heterocycles. The summed E-state index contributed by atoms with van der Waals surface area (Å²) in [5, 5.41) is 2.88. The lowest BCUT2D eigenvalue weighted by Gasteiger charge is -2.30. The van der Waals surface area contributed by atoms with Crippen LogP contribution in [0.3, 0.4) is 0 Å². The normalized spacial score (nSPS) is 13.3. The molecular formula is C21H28N2O5S. The number of rotatable bonds is 8. The van der Waals surface area contributed by atoms with Crippen LogP contribution in [0.25, 0.3) is 0 Å². The summed E-state index contributed by atoms with van der Waals surface area (Å²) in [6.45, 7) is 5.24. The topological polar surface area (TPSA) is 84.9 Å². The van der Waals surface area contributed by atoms with Crippen LogP contribution >= 0.6 is 0 Å². The first-order valence-electron chi connectivity index (χ1n) is 9.16. The highest BCUT2D eigenvalue weighted by molar-refractivity contribution is 7.92. The average Bonchev–Trinajstić information content (AvgIpc) is 2.67. The number of benzene rings is 2. The Kier molecular flexibility index (Phi) is 7.13. The van der Waals surface area contributed by atoms with Crippen molar-refractivity contribution >= 4 is 21.6 Å². The van der Waals surface area contributed by atoms with E-state index >= 15 is 0 Å². The maximum Gasteiger partial charge on any atom is 0.244 e. The number of carbonyl (C=O) groups excluding carboxylic acids is 1. The van der Waals surface area contributed by atoms with Gasteiger partial charge in [-0.2, -0.15) is 0 Å². The monoisotopic (exact) mass is 420 g/mol. The molecule has 2 aromatic rings. The predicted octanol–water partition coefficient (Wildman–Crippen LogP) is 3.04. The lowest BCUT2D eigenvalue weighted by Crippen LogP contribution is -2.48. The Hall–Kier alpha value is -2.74. The number of hydrogen-bond acceptors (Lipinski definition) is 5. The highest BCUT2D eigenvalue weighted by Gasteiger charge is 2.32. The summed E-state index contributed by atoms with van der Waals surface area (Å²) in [6, 6.07) is 11.2. The van der Waals surface area contributed by atoms with Gasteiger partial charge in [0.15, 0.2) is 0 Å². The molecule has 29 heavy (non-hydrogen) atoms. The molecule has 1 amide bonds. The largest absolute Gasteiger partial charge is 0.497 e. The molecule has 1 N–H and O–H groups in total. The van der Waals surface area contributed by atoms with Gasteiger partial charge >= 0.3 is 0 Å². The number of sulfonamides is 1. The fourth-order valence-corrected chi connectivity index (χ4v) is 4.23. The minimum absolute atomic E-state index is 0.309. The standard InChI is InChI=1S/C21H28N2O5S/c1-14-7-12-20(28-5)19(13-14)23(29(6,25)26)16(3)21(24)22-15(2)17-8-10-18(27-4)11-9-17/h7-13,15-16H,1-6H3,(H,22,24). The van der Waals surface area contributed by atoms with Crippen molar-refractivity contribution in [2.45, 2.75) is 32.9 Å². The SMILES string of the molecule is COc1ccc(C(C)NC(=O)C(C)N(c2cc(C)ccc2OC)S(C)(=O)=O)cc1. The molecular weight excluding hydrogens is 392 g/mol. The molecule has 0 saturated carbocycles. The Balaban J connectivity index is 2.30. The number of hydrogen-bond donors (Lipinski definition) is 1. The second-order valence-corrected chi connectivity index (χ2v) is 8.77. The maximum absolute atomic E-state index is 12.9. The molecule has 7 nitrogen and oxygen atoms in total. The number of nitrogens with zero attached hydrogens (tertiary/aromatic N) is 1. The molecule has 0 radical (unpaired) electrons. The molecule has 0 bridgehead atoms. The molecule has 8 heteroatoms. The van der Waals surface area contributed by atoms with Crippen LogP contribution in [0.5, 0.6) is 11.5 Å². The van der Waals surface area contributed by atoms with Crippen LogP contribution in [-0.2, 0) is 14.8 Å². The van der Waals surface area contributed by atoms with Crippen molar-refractivity contribution in [3.8, 4) is 11.5 Å². The van der Waals surface area contributed by atoms with Gasteiger partial charge in [0.05, 0.1) is 32.2 Å². The van der Waals surface area contributed by atoms with Crippen molar-refractivity contribution in [1.82, 2.24) is 5.32 Å². The lowest BCUT2D eigenvalue weighted by atomic mass is 10.1. The first kappa shape index (κ1) is 22.5. The molecule has 0 heterocycles. The third-order valence-corrected chi connectivity index (χ3v) is 5.86. The Morgan fingerprint density at radius 2 is 1.66 bits per heavy atom. The first-order chi connectivity index (χ1) is 13.6. The quantitative estimate of drug-likeness (QED) is 0.710. The summed E-state index contributed by atoms with van der Waals surface area (Å²) in [6.07, 6.45) is 1.07. The van der Waals surface area contributed by atoms with E-state index in [0.29, 0.717) is 11.4 Å². The Morgan fingerprint density at radius 3 is 2.17 bits per heavy atom. The highest BCUT2D eigenvalue weighted by atomic mass is 32.2. The molecule has 0 aliphatic carbocycles. The van der Waals surface area contributed by atoms with Gasteiger partial charge in [-0.1, -0.05) is 18.2 Å². The summed E-state index contributed by atoms with van der Waals surface area (Å²) in [4.78, 5) is 12.9. The minimum atomic E-state index is -3.75. The molecule has 0 aliphatic rings. The highest BCUT2D eigenvalue weighted by Crippen LogP contribution is 2.32. The third kappa shape index (κ3) is 5.41. The summed E-state index contributed by atoms with van der Waals surface area (Å²) in [7, 11) is -0.697. The van der Waals surface area contributed by atoms with Gasteiger partial charge in [0.1, 0.15) is 17.5 Å². The van der Waals surface area contributed by atoms with Gasteiger partial charge < -0.3 is 14.8 Å². The van der Waals surface area contributed by atoms with Crippen LogP contribution in [-0.4, -0.2) is 40.8 Å². The zero-order chi connectivity index (χ0) is 21.8. The van der Waals surface area contributed by atoms with E-state index in [1.807, 2.05) is 44.2 Å². The zero-order valence-corrected chi connectivity index (χ0v) is 18.4. The summed E-state index contributed by atoms with van der Waals surface area (Å²) < 4.78 is 36.7. The fraction of sp³-hybridized carbons (Fsp3) is 0.381. The molecule has 0 saturated heterocycles. The van der Waals surface area contributed by atoms with Gasteiger partial charge in [0.25, 0.3) is 0 Å². The van der Waals surface area contributed by atoms with Gasteiger partial charge in [0.2, 0.25) is 15.9 Å². The second kappa shape index (κ2) is 9.17. The Bertz CT molecular complexity index is 958. The van der Waals surface area contributed by atoms with Crippen molar-refractivity contribution < 1.29 is 22.7 Å². The number of anilines is 1. The lowest BCUT2D eigenvalue weighted by molar-refractivity contribution is -0.122. The van der Waals surface area contributed by atoms with Crippen LogP contribution in [0, 0.1) is 6.92 Å². The molecule has 2 unspecified atom stereocenters. The van der Waals surface area contributed by atoms with E-state index in [0.717, 1.165) is 27.4 Å². The number of aryl methyl sites for hydroxylation is 1. The van der Waals surface area contributed by atoms with E-state index in [2.05, 4.69) is 5.32 Å². The van der Waals surface area contributed by atoms with E-state index in [-0.39, 0.29) is 6.04 Å². The van der Waals surface area contributed by atoms with Crippen molar-refractivity contribution in [1.29, 1.82) is 0 Å².